The van der Waals surface area contributed by atoms with Crippen LogP contribution in [0.5, 0.6) is 0 Å². The second-order valence-electron chi connectivity index (χ2n) is 3.77. The van der Waals surface area contributed by atoms with E-state index in [-0.39, 0.29) is 0 Å². The van der Waals surface area contributed by atoms with Crippen LogP contribution in [0.25, 0.3) is 0 Å². The van der Waals surface area contributed by atoms with Gasteiger partial charge in [-0.3, -0.25) is 4.98 Å². The van der Waals surface area contributed by atoms with E-state index < -0.39 is 0 Å². The third kappa shape index (κ3) is 2.83. The number of anilines is 1. The van der Waals surface area contributed by atoms with Crippen LogP contribution in [0, 0.1) is 0 Å². The zero-order valence-electron chi connectivity index (χ0n) is 9.48. The summed E-state index contributed by atoms with van der Waals surface area (Å²) in [6.45, 7) is 2.98. The monoisotopic (exact) mass is 212 g/mol. The summed E-state index contributed by atoms with van der Waals surface area (Å²) >= 11 is 0. The first kappa shape index (κ1) is 10.7. The van der Waals surface area contributed by atoms with Crippen molar-refractivity contribution in [2.45, 2.75) is 19.9 Å². The third-order valence-corrected chi connectivity index (χ3v) is 2.58. The highest BCUT2D eigenvalue weighted by Gasteiger charge is 1.94. The molecule has 0 radical (unpaired) electrons. The molecule has 0 unspecified atom stereocenters. The predicted octanol–water partition coefficient (Wildman–Crippen LogP) is 3.26. The van der Waals surface area contributed by atoms with Crippen LogP contribution in [-0.4, -0.2) is 4.98 Å². The van der Waals surface area contributed by atoms with Gasteiger partial charge in [0.1, 0.15) is 0 Å². The summed E-state index contributed by atoms with van der Waals surface area (Å²) in [5.74, 6) is 0. The van der Waals surface area contributed by atoms with Crippen LogP contribution in [0.3, 0.4) is 0 Å². The summed E-state index contributed by atoms with van der Waals surface area (Å²) in [7, 11) is 0. The Kier molecular flexibility index (Phi) is 3.54. The fourth-order valence-corrected chi connectivity index (χ4v) is 1.57. The Morgan fingerprint density at radius 1 is 1.06 bits per heavy atom. The molecular weight excluding hydrogens is 196 g/mol. The molecule has 0 aliphatic carbocycles. The smallest absolute Gasteiger partial charge is 0.0416 e. The summed E-state index contributed by atoms with van der Waals surface area (Å²) in [5.41, 5.74) is 3.72. The molecule has 1 N–H and O–H groups in total. The van der Waals surface area contributed by atoms with Crippen molar-refractivity contribution in [1.82, 2.24) is 4.98 Å². The molecule has 0 spiro atoms. The molecule has 1 aromatic carbocycles. The molecule has 2 rings (SSSR count). The molecule has 0 atom stereocenters. The topological polar surface area (TPSA) is 24.9 Å². The lowest BCUT2D eigenvalue weighted by Gasteiger charge is -2.06. The van der Waals surface area contributed by atoms with Crippen molar-refractivity contribution >= 4 is 5.69 Å². The number of pyridine rings is 1. The molecule has 0 saturated heterocycles. The summed E-state index contributed by atoms with van der Waals surface area (Å²) in [6.07, 6.45) is 4.76. The van der Waals surface area contributed by atoms with E-state index >= 15 is 0 Å². The zero-order valence-corrected chi connectivity index (χ0v) is 9.48. The van der Waals surface area contributed by atoms with Crippen LogP contribution in [-0.2, 0) is 13.0 Å². The Morgan fingerprint density at radius 3 is 2.50 bits per heavy atom. The lowest BCUT2D eigenvalue weighted by Crippen LogP contribution is -1.99. The molecule has 0 bridgehead atoms. The average molecular weight is 212 g/mol. The minimum Gasteiger partial charge on any atom is -0.381 e. The van der Waals surface area contributed by atoms with Crippen LogP contribution in [0.4, 0.5) is 5.69 Å². The minimum atomic E-state index is 0.819. The first-order chi connectivity index (χ1) is 7.88. The fraction of sp³-hybridized carbons (Fsp3) is 0.214. The van der Waals surface area contributed by atoms with E-state index in [1.54, 1.807) is 6.20 Å². The van der Waals surface area contributed by atoms with Crippen LogP contribution in [0.1, 0.15) is 18.1 Å². The van der Waals surface area contributed by atoms with Gasteiger partial charge in [-0.15, -0.1) is 0 Å². The number of aromatic nitrogens is 1. The van der Waals surface area contributed by atoms with E-state index in [4.69, 9.17) is 0 Å². The largest absolute Gasteiger partial charge is 0.381 e. The van der Waals surface area contributed by atoms with Crippen molar-refractivity contribution in [1.29, 1.82) is 0 Å². The number of nitrogens with one attached hydrogen (secondary N) is 1. The molecule has 82 valence electrons. The maximum absolute atomic E-state index is 4.08. The molecule has 2 aromatic rings. The summed E-state index contributed by atoms with van der Waals surface area (Å²) < 4.78 is 0. The van der Waals surface area contributed by atoms with Crippen molar-refractivity contribution in [3.05, 3.63) is 59.9 Å². The van der Waals surface area contributed by atoms with Crippen LogP contribution in [0.2, 0.25) is 0 Å². The predicted molar refractivity (Wildman–Crippen MR) is 67.4 cm³/mol. The molecule has 0 aliphatic heterocycles. The molecule has 0 amide bonds. The van der Waals surface area contributed by atoms with Gasteiger partial charge in [0, 0.05) is 24.6 Å². The van der Waals surface area contributed by atoms with E-state index in [0.29, 0.717) is 0 Å². The van der Waals surface area contributed by atoms with Gasteiger partial charge in [-0.05, 0) is 35.7 Å². The molecule has 16 heavy (non-hydrogen) atoms. The van der Waals surface area contributed by atoms with Crippen molar-refractivity contribution in [2.75, 3.05) is 5.32 Å². The normalized spacial score (nSPS) is 10.1. The van der Waals surface area contributed by atoms with E-state index in [1.165, 1.54) is 11.1 Å². The Labute approximate surface area is 96.4 Å². The summed E-state index contributed by atoms with van der Waals surface area (Å²) in [5, 5.41) is 3.37. The molecule has 0 aliphatic rings. The maximum atomic E-state index is 4.08. The fourth-order valence-electron chi connectivity index (χ4n) is 1.57. The van der Waals surface area contributed by atoms with Gasteiger partial charge in [-0.2, -0.15) is 0 Å². The second kappa shape index (κ2) is 5.31. The van der Waals surface area contributed by atoms with Crippen molar-refractivity contribution in [2.24, 2.45) is 0 Å². The molecule has 1 aromatic heterocycles. The number of hydrogen-bond donors (Lipinski definition) is 1. The minimum absolute atomic E-state index is 0.819. The summed E-state index contributed by atoms with van der Waals surface area (Å²) in [6, 6.07) is 12.6. The lowest BCUT2D eigenvalue weighted by atomic mass is 10.1. The highest BCUT2D eigenvalue weighted by atomic mass is 14.9. The maximum Gasteiger partial charge on any atom is 0.0416 e. The molecule has 0 fully saturated rings. The van der Waals surface area contributed by atoms with Crippen molar-refractivity contribution in [3.63, 3.8) is 0 Å². The Morgan fingerprint density at radius 2 is 1.88 bits per heavy atom. The highest BCUT2D eigenvalue weighted by Crippen LogP contribution is 2.11. The Hall–Kier alpha value is -1.83. The molecule has 2 nitrogen and oxygen atoms in total. The van der Waals surface area contributed by atoms with Crippen LogP contribution < -0.4 is 5.32 Å². The van der Waals surface area contributed by atoms with Gasteiger partial charge >= 0.3 is 0 Å². The number of hydrogen-bond acceptors (Lipinski definition) is 2. The Balaban J connectivity index is 1.94. The van der Waals surface area contributed by atoms with Gasteiger partial charge in [-0.1, -0.05) is 25.1 Å². The van der Waals surface area contributed by atoms with E-state index in [9.17, 15) is 0 Å². The van der Waals surface area contributed by atoms with Gasteiger partial charge in [0.25, 0.3) is 0 Å². The van der Waals surface area contributed by atoms with Gasteiger partial charge < -0.3 is 5.32 Å². The number of aryl methyl sites for hydroxylation is 1. The first-order valence-electron chi connectivity index (χ1n) is 5.60. The zero-order chi connectivity index (χ0) is 11.2. The molecule has 1 heterocycles. The first-order valence-corrected chi connectivity index (χ1v) is 5.60. The molecule has 2 heteroatoms. The number of nitrogens with zero attached hydrogens (tertiary/aromatic N) is 1. The van der Waals surface area contributed by atoms with Crippen LogP contribution in [0.15, 0.2) is 48.8 Å². The number of benzene rings is 1. The van der Waals surface area contributed by atoms with Crippen molar-refractivity contribution < 1.29 is 0 Å². The standard InChI is InChI=1S/C14H16N2/c1-2-12-5-7-14(8-6-12)16-11-13-4-3-9-15-10-13/h3-10,16H,2,11H2,1H3. The van der Waals surface area contributed by atoms with E-state index in [2.05, 4.69) is 47.6 Å². The molecule has 0 saturated carbocycles. The van der Waals surface area contributed by atoms with Gasteiger partial charge in [0.2, 0.25) is 0 Å². The van der Waals surface area contributed by atoms with Crippen molar-refractivity contribution in [3.8, 4) is 0 Å². The van der Waals surface area contributed by atoms with Gasteiger partial charge in [-0.25, -0.2) is 0 Å². The van der Waals surface area contributed by atoms with Crippen LogP contribution >= 0.6 is 0 Å². The summed E-state index contributed by atoms with van der Waals surface area (Å²) in [4.78, 5) is 4.08. The third-order valence-electron chi connectivity index (χ3n) is 2.58. The lowest BCUT2D eigenvalue weighted by molar-refractivity contribution is 1.10. The molecular formula is C14H16N2. The SMILES string of the molecule is CCc1ccc(NCc2cccnc2)cc1. The van der Waals surface area contributed by atoms with E-state index in [0.717, 1.165) is 18.7 Å². The number of rotatable bonds is 4. The second-order valence-corrected chi connectivity index (χ2v) is 3.77. The van der Waals surface area contributed by atoms with E-state index in [1.807, 2.05) is 12.3 Å². The highest BCUT2D eigenvalue weighted by molar-refractivity contribution is 5.45. The quantitative estimate of drug-likeness (QED) is 0.841. The average Bonchev–Trinajstić information content (AvgIpc) is 2.38. The van der Waals surface area contributed by atoms with Gasteiger partial charge in [0.15, 0.2) is 0 Å². The van der Waals surface area contributed by atoms with Gasteiger partial charge in [0.05, 0.1) is 0 Å². The Bertz CT molecular complexity index is 420.